The predicted molar refractivity (Wildman–Crippen MR) is 120 cm³/mol. The molecule has 0 saturated heterocycles. The number of fused-ring (bicyclic) bond motifs is 1. The van der Waals surface area contributed by atoms with Crippen LogP contribution < -0.4 is 14.2 Å². The number of benzene rings is 3. The van der Waals surface area contributed by atoms with Crippen molar-refractivity contribution in [3.63, 3.8) is 0 Å². The Kier molecular flexibility index (Phi) is 7.07. The maximum absolute atomic E-state index is 14.5. The van der Waals surface area contributed by atoms with Crippen molar-refractivity contribution in [2.24, 2.45) is 0 Å². The van der Waals surface area contributed by atoms with E-state index >= 15 is 0 Å². The molecule has 1 aliphatic heterocycles. The van der Waals surface area contributed by atoms with Crippen LogP contribution in [0.4, 0.5) is 17.6 Å². The lowest BCUT2D eigenvalue weighted by Gasteiger charge is -2.28. The van der Waals surface area contributed by atoms with Crippen molar-refractivity contribution in [3.8, 4) is 28.4 Å². The Hall–Kier alpha value is -3.79. The highest BCUT2D eigenvalue weighted by Crippen LogP contribution is 2.42. The van der Waals surface area contributed by atoms with E-state index in [1.807, 2.05) is 0 Å². The zero-order valence-corrected chi connectivity index (χ0v) is 19.0. The molecule has 4 rings (SSSR count). The summed E-state index contributed by atoms with van der Waals surface area (Å²) in [6, 6.07) is 12.6. The van der Waals surface area contributed by atoms with E-state index in [-0.39, 0.29) is 16.9 Å². The number of carboxylic acid groups (broad SMARTS) is 1. The van der Waals surface area contributed by atoms with Crippen LogP contribution in [0.15, 0.2) is 54.6 Å². The molecule has 0 radical (unpaired) electrons. The van der Waals surface area contributed by atoms with Gasteiger partial charge in [-0.15, -0.1) is 13.2 Å². The van der Waals surface area contributed by atoms with Crippen molar-refractivity contribution in [1.82, 2.24) is 0 Å². The van der Waals surface area contributed by atoms with Gasteiger partial charge in [0.25, 0.3) is 0 Å². The number of rotatable bonds is 7. The van der Waals surface area contributed by atoms with Gasteiger partial charge in [-0.05, 0) is 59.9 Å². The van der Waals surface area contributed by atoms with Crippen LogP contribution in [-0.2, 0) is 11.2 Å². The highest BCUT2D eigenvalue weighted by atomic mass is 19.4. The van der Waals surface area contributed by atoms with Crippen LogP contribution in [0.1, 0.15) is 41.7 Å². The van der Waals surface area contributed by atoms with Gasteiger partial charge in [0.2, 0.25) is 0 Å². The number of carboxylic acids is 1. The van der Waals surface area contributed by atoms with E-state index in [0.29, 0.717) is 29.7 Å². The van der Waals surface area contributed by atoms with E-state index in [9.17, 15) is 27.5 Å². The molecule has 1 unspecified atom stereocenters. The Balaban J connectivity index is 1.68. The van der Waals surface area contributed by atoms with Gasteiger partial charge in [-0.2, -0.15) is 0 Å². The molecule has 0 bridgehead atoms. The molecule has 190 valence electrons. The van der Waals surface area contributed by atoms with E-state index in [4.69, 9.17) is 14.6 Å². The van der Waals surface area contributed by atoms with Gasteiger partial charge in [-0.1, -0.05) is 24.3 Å². The fourth-order valence-electron chi connectivity index (χ4n) is 4.12. The summed E-state index contributed by atoms with van der Waals surface area (Å²) in [6.07, 6.45) is -6.40. The van der Waals surface area contributed by atoms with Crippen molar-refractivity contribution < 1.29 is 46.8 Å². The monoisotopic (exact) mass is 506 g/mol. The molecule has 0 spiro atoms. The molecule has 0 fully saturated rings. The van der Waals surface area contributed by atoms with Gasteiger partial charge >= 0.3 is 12.3 Å². The zero-order valence-electron chi connectivity index (χ0n) is 19.0. The van der Waals surface area contributed by atoms with Gasteiger partial charge in [0.1, 0.15) is 29.2 Å². The summed E-state index contributed by atoms with van der Waals surface area (Å²) in [5.41, 5.74) is 1.32. The molecule has 1 aliphatic rings. The molecule has 10 heteroatoms. The minimum Gasteiger partial charge on any atom is -0.497 e. The number of carbonyl (C=O) groups is 1. The lowest BCUT2D eigenvalue weighted by Crippen LogP contribution is -2.19. The zero-order chi connectivity index (χ0) is 26.0. The average Bonchev–Trinajstić information content (AvgIpc) is 2.82. The normalized spacial score (nSPS) is 16.0. The lowest BCUT2D eigenvalue weighted by molar-refractivity contribution is -0.274. The summed E-state index contributed by atoms with van der Waals surface area (Å²) in [4.78, 5) is 10.9. The van der Waals surface area contributed by atoms with E-state index in [0.717, 1.165) is 11.6 Å². The number of hydrogen-bond acceptors (Lipinski definition) is 5. The number of aliphatic hydroxyl groups excluding tert-OH is 1. The van der Waals surface area contributed by atoms with Crippen LogP contribution in [0.25, 0.3) is 11.1 Å². The van der Waals surface area contributed by atoms with E-state index < -0.39 is 42.5 Å². The maximum Gasteiger partial charge on any atom is 0.573 e. The smallest absolute Gasteiger partial charge is 0.497 e. The number of aliphatic carboxylic acids is 1. The number of ether oxygens (including phenoxy) is 3. The molecule has 0 amide bonds. The number of aliphatic hydroxyl groups is 1. The highest BCUT2D eigenvalue weighted by Gasteiger charge is 2.33. The third kappa shape index (κ3) is 5.71. The minimum atomic E-state index is -5.02. The summed E-state index contributed by atoms with van der Waals surface area (Å²) in [7, 11) is 1.36. The van der Waals surface area contributed by atoms with Gasteiger partial charge in [0, 0.05) is 11.1 Å². The predicted octanol–water partition coefficient (Wildman–Crippen LogP) is 5.97. The van der Waals surface area contributed by atoms with Crippen LogP contribution in [0.2, 0.25) is 0 Å². The minimum absolute atomic E-state index is 0.109. The molecular formula is C26H22F4O6. The third-order valence-electron chi connectivity index (χ3n) is 5.86. The van der Waals surface area contributed by atoms with Crippen molar-refractivity contribution >= 4 is 5.97 Å². The van der Waals surface area contributed by atoms with Gasteiger partial charge in [0.05, 0.1) is 19.6 Å². The van der Waals surface area contributed by atoms with Gasteiger partial charge in [-0.3, -0.25) is 4.79 Å². The second kappa shape index (κ2) is 10.1. The first-order valence-electron chi connectivity index (χ1n) is 11.0. The maximum atomic E-state index is 14.5. The van der Waals surface area contributed by atoms with Crippen LogP contribution in [-0.4, -0.2) is 29.7 Å². The van der Waals surface area contributed by atoms with E-state index in [2.05, 4.69) is 4.74 Å². The van der Waals surface area contributed by atoms with Crippen molar-refractivity contribution in [2.45, 2.75) is 37.8 Å². The lowest BCUT2D eigenvalue weighted by atomic mass is 9.93. The van der Waals surface area contributed by atoms with Crippen molar-refractivity contribution in [3.05, 3.63) is 77.1 Å². The Morgan fingerprint density at radius 3 is 2.58 bits per heavy atom. The Bertz CT molecular complexity index is 1270. The first-order chi connectivity index (χ1) is 17.0. The van der Waals surface area contributed by atoms with E-state index in [1.165, 1.54) is 43.5 Å². The third-order valence-corrected chi connectivity index (χ3v) is 5.86. The van der Waals surface area contributed by atoms with Crippen molar-refractivity contribution in [1.29, 1.82) is 0 Å². The quantitative estimate of drug-likeness (QED) is 0.384. The average molecular weight is 506 g/mol. The molecule has 3 aromatic carbocycles. The molecule has 2 N–H and O–H groups in total. The standard InChI is InChI=1S/C26H22F4O6/c1-34-17-6-8-20(27)19(12-17)18-7-4-16(11-24(18)36-26(28,29)30)22-9-5-14-2-3-15(10-23(14)35-22)21(31)13-25(32)33/h2-4,6-8,10-12,21-22,31H,5,9,13H2,1H3,(H,32,33)/t21-,22?/m1/s1. The molecule has 6 nitrogen and oxygen atoms in total. The Morgan fingerprint density at radius 2 is 1.89 bits per heavy atom. The summed E-state index contributed by atoms with van der Waals surface area (Å²) < 4.78 is 69.6. The molecule has 36 heavy (non-hydrogen) atoms. The van der Waals surface area contributed by atoms with Crippen LogP contribution in [0.5, 0.6) is 17.2 Å². The van der Waals surface area contributed by atoms with Gasteiger partial charge in [0.15, 0.2) is 0 Å². The number of alkyl halides is 3. The molecule has 1 heterocycles. The van der Waals surface area contributed by atoms with Crippen LogP contribution in [0, 0.1) is 5.82 Å². The first kappa shape index (κ1) is 25.3. The summed E-state index contributed by atoms with van der Waals surface area (Å²) in [6.45, 7) is 0. The van der Waals surface area contributed by atoms with Crippen molar-refractivity contribution in [2.75, 3.05) is 7.11 Å². The second-order valence-corrected chi connectivity index (χ2v) is 8.28. The first-order valence-corrected chi connectivity index (χ1v) is 11.0. The van der Waals surface area contributed by atoms with Crippen LogP contribution in [0.3, 0.4) is 0 Å². The molecule has 0 saturated carbocycles. The fraction of sp³-hybridized carbons (Fsp3) is 0.269. The molecular weight excluding hydrogens is 484 g/mol. The Labute approximate surface area is 203 Å². The summed E-state index contributed by atoms with van der Waals surface area (Å²) in [5.74, 6) is -1.84. The summed E-state index contributed by atoms with van der Waals surface area (Å²) in [5, 5.41) is 19.0. The summed E-state index contributed by atoms with van der Waals surface area (Å²) >= 11 is 0. The SMILES string of the molecule is COc1ccc(F)c(-c2ccc(C3CCc4ccc([C@H](O)CC(=O)O)cc4O3)cc2OC(F)(F)F)c1. The number of hydrogen-bond donors (Lipinski definition) is 2. The second-order valence-electron chi connectivity index (χ2n) is 8.28. The molecule has 0 aromatic heterocycles. The molecule has 0 aliphatic carbocycles. The fourth-order valence-corrected chi connectivity index (χ4v) is 4.12. The molecule has 3 aromatic rings. The highest BCUT2D eigenvalue weighted by molar-refractivity contribution is 5.73. The number of aryl methyl sites for hydroxylation is 1. The van der Waals surface area contributed by atoms with Crippen LogP contribution >= 0.6 is 0 Å². The largest absolute Gasteiger partial charge is 0.573 e. The Morgan fingerprint density at radius 1 is 1.11 bits per heavy atom. The van der Waals surface area contributed by atoms with E-state index in [1.54, 1.807) is 12.1 Å². The topological polar surface area (TPSA) is 85.2 Å². The van der Waals surface area contributed by atoms with Gasteiger partial charge in [-0.25, -0.2) is 4.39 Å². The number of methoxy groups -OCH3 is 1. The van der Waals surface area contributed by atoms with Gasteiger partial charge < -0.3 is 24.4 Å². The number of halogens is 4. The molecule has 2 atom stereocenters.